The van der Waals surface area contributed by atoms with E-state index in [0.29, 0.717) is 10.8 Å². The Kier molecular flexibility index (Phi) is 6.13. The highest BCUT2D eigenvalue weighted by Gasteiger charge is 2.45. The monoisotopic (exact) mass is 516 g/mol. The molecule has 27 heavy (non-hydrogen) atoms. The summed E-state index contributed by atoms with van der Waals surface area (Å²) in [5, 5.41) is 0.660. The standard InChI is InChI=1S/C19H19Br2ClN2O3/c1-3-27-17(26)14-10-23-18-19(21,9-8-11(2)24(18)16(14)25)15(20)12-4-6-13(22)7-5-12/h4-7,10-11,15H,3,8-9H2,1-2H3/t11-,15?,19+/m0/s1. The van der Waals surface area contributed by atoms with Gasteiger partial charge in [0.25, 0.3) is 5.56 Å². The van der Waals surface area contributed by atoms with Gasteiger partial charge in [0, 0.05) is 17.3 Å². The van der Waals surface area contributed by atoms with Gasteiger partial charge in [0.05, 0.1) is 11.4 Å². The predicted molar refractivity (Wildman–Crippen MR) is 112 cm³/mol. The molecule has 1 aromatic carbocycles. The zero-order chi connectivity index (χ0) is 19.8. The summed E-state index contributed by atoms with van der Waals surface area (Å²) >= 11 is 13.6. The van der Waals surface area contributed by atoms with Crippen LogP contribution in [0.25, 0.3) is 0 Å². The molecule has 0 saturated carbocycles. The fourth-order valence-electron chi connectivity index (χ4n) is 3.33. The van der Waals surface area contributed by atoms with E-state index in [0.717, 1.165) is 18.4 Å². The van der Waals surface area contributed by atoms with Crippen LogP contribution >= 0.6 is 43.5 Å². The Balaban J connectivity index is 2.10. The van der Waals surface area contributed by atoms with Crippen molar-refractivity contribution in [2.45, 2.75) is 41.9 Å². The van der Waals surface area contributed by atoms with Crippen molar-refractivity contribution in [3.63, 3.8) is 0 Å². The van der Waals surface area contributed by atoms with Crippen LogP contribution in [0.4, 0.5) is 0 Å². The largest absolute Gasteiger partial charge is 0.462 e. The minimum Gasteiger partial charge on any atom is -0.462 e. The van der Waals surface area contributed by atoms with Gasteiger partial charge in [0.15, 0.2) is 0 Å². The molecule has 1 aliphatic heterocycles. The van der Waals surface area contributed by atoms with Crippen LogP contribution in [0.1, 0.15) is 59.3 Å². The lowest BCUT2D eigenvalue weighted by Crippen LogP contribution is -2.42. The van der Waals surface area contributed by atoms with Gasteiger partial charge in [-0.05, 0) is 44.4 Å². The molecule has 1 aliphatic rings. The number of hydrogen-bond donors (Lipinski definition) is 0. The van der Waals surface area contributed by atoms with Gasteiger partial charge < -0.3 is 4.74 Å². The number of nitrogens with zero attached hydrogens (tertiary/aromatic N) is 2. The zero-order valence-corrected chi connectivity index (χ0v) is 18.8. The van der Waals surface area contributed by atoms with Crippen molar-refractivity contribution < 1.29 is 9.53 Å². The number of alkyl halides is 2. The summed E-state index contributed by atoms with van der Waals surface area (Å²) in [6.45, 7) is 3.87. The fraction of sp³-hybridized carbons (Fsp3) is 0.421. The Labute approximate surface area is 179 Å². The molecule has 0 spiro atoms. The summed E-state index contributed by atoms with van der Waals surface area (Å²) in [6.07, 6.45) is 2.86. The molecule has 0 fully saturated rings. The SMILES string of the molecule is CCOC(=O)c1cnc2n(c1=O)[C@@H](C)CC[C@@]2(Br)C(Br)c1ccc(Cl)cc1. The van der Waals surface area contributed by atoms with Crippen LogP contribution in [-0.2, 0) is 9.06 Å². The number of carbonyl (C=O) groups excluding carboxylic acids is 1. The summed E-state index contributed by atoms with van der Waals surface area (Å²) < 4.78 is 6.00. The van der Waals surface area contributed by atoms with E-state index in [2.05, 4.69) is 36.8 Å². The van der Waals surface area contributed by atoms with Gasteiger partial charge in [-0.1, -0.05) is 55.6 Å². The predicted octanol–water partition coefficient (Wildman–Crippen LogP) is 5.15. The molecule has 0 amide bonds. The molecule has 1 unspecified atom stereocenters. The third-order valence-corrected chi connectivity index (χ3v) is 8.18. The third kappa shape index (κ3) is 3.74. The number of halogens is 3. The van der Waals surface area contributed by atoms with Gasteiger partial charge in [-0.3, -0.25) is 9.36 Å². The first kappa shape index (κ1) is 20.6. The molecule has 2 heterocycles. The van der Waals surface area contributed by atoms with E-state index in [1.807, 2.05) is 31.2 Å². The highest BCUT2D eigenvalue weighted by atomic mass is 79.9. The Morgan fingerprint density at radius 1 is 1.44 bits per heavy atom. The van der Waals surface area contributed by atoms with Crippen LogP contribution in [0.2, 0.25) is 5.02 Å². The topological polar surface area (TPSA) is 61.2 Å². The van der Waals surface area contributed by atoms with E-state index >= 15 is 0 Å². The smallest absolute Gasteiger partial charge is 0.345 e. The highest BCUT2D eigenvalue weighted by molar-refractivity contribution is 9.12. The van der Waals surface area contributed by atoms with Crippen molar-refractivity contribution >= 4 is 49.4 Å². The summed E-state index contributed by atoms with van der Waals surface area (Å²) in [5.74, 6) is -0.0486. The maximum atomic E-state index is 13.0. The second-order valence-corrected chi connectivity index (χ2v) is 9.32. The number of benzene rings is 1. The number of ether oxygens (including phenoxy) is 1. The van der Waals surface area contributed by atoms with E-state index in [4.69, 9.17) is 16.3 Å². The minimum atomic E-state index is -0.642. The van der Waals surface area contributed by atoms with Gasteiger partial charge >= 0.3 is 5.97 Å². The first-order chi connectivity index (χ1) is 12.8. The van der Waals surface area contributed by atoms with Crippen LogP contribution in [0.15, 0.2) is 35.3 Å². The molecule has 0 N–H and O–H groups in total. The van der Waals surface area contributed by atoms with E-state index < -0.39 is 10.3 Å². The molecule has 5 nitrogen and oxygen atoms in total. The lowest BCUT2D eigenvalue weighted by atomic mass is 9.88. The normalized spacial score (nSPS) is 22.8. The first-order valence-electron chi connectivity index (χ1n) is 8.67. The van der Waals surface area contributed by atoms with Crippen LogP contribution in [0.3, 0.4) is 0 Å². The van der Waals surface area contributed by atoms with E-state index in [-0.39, 0.29) is 28.6 Å². The summed E-state index contributed by atoms with van der Waals surface area (Å²) in [5.41, 5.74) is 0.605. The number of hydrogen-bond acceptors (Lipinski definition) is 4. The molecule has 1 aromatic heterocycles. The Morgan fingerprint density at radius 2 is 2.11 bits per heavy atom. The van der Waals surface area contributed by atoms with Crippen LogP contribution < -0.4 is 5.56 Å². The van der Waals surface area contributed by atoms with E-state index in [1.54, 1.807) is 11.5 Å². The molecule has 0 aliphatic carbocycles. The number of carbonyl (C=O) groups is 1. The summed E-state index contributed by atoms with van der Waals surface area (Å²) in [7, 11) is 0. The molecule has 3 rings (SSSR count). The van der Waals surface area contributed by atoms with Crippen molar-refractivity contribution in [3.8, 4) is 0 Å². The number of rotatable bonds is 4. The van der Waals surface area contributed by atoms with Crippen molar-refractivity contribution in [1.29, 1.82) is 0 Å². The summed E-state index contributed by atoms with van der Waals surface area (Å²) in [4.78, 5) is 29.5. The van der Waals surface area contributed by atoms with Gasteiger partial charge in [-0.25, -0.2) is 9.78 Å². The average Bonchev–Trinajstić information content (AvgIpc) is 2.65. The maximum Gasteiger partial charge on any atom is 0.345 e. The molecule has 0 saturated heterocycles. The number of fused-ring (bicyclic) bond motifs is 1. The second-order valence-electron chi connectivity index (χ2n) is 6.56. The Hall–Kier alpha value is -1.18. The number of esters is 1. The van der Waals surface area contributed by atoms with E-state index in [1.165, 1.54) is 6.20 Å². The Morgan fingerprint density at radius 3 is 2.74 bits per heavy atom. The van der Waals surface area contributed by atoms with Crippen molar-refractivity contribution in [1.82, 2.24) is 9.55 Å². The molecular weight excluding hydrogens is 499 g/mol. The van der Waals surface area contributed by atoms with Gasteiger partial charge in [0.1, 0.15) is 15.7 Å². The van der Waals surface area contributed by atoms with Gasteiger partial charge in [0.2, 0.25) is 0 Å². The number of aromatic nitrogens is 2. The lowest BCUT2D eigenvalue weighted by molar-refractivity contribution is 0.0522. The highest BCUT2D eigenvalue weighted by Crippen LogP contribution is 2.53. The zero-order valence-electron chi connectivity index (χ0n) is 14.9. The average molecular weight is 519 g/mol. The second kappa shape index (κ2) is 8.05. The summed E-state index contributed by atoms with van der Waals surface area (Å²) in [6, 6.07) is 7.48. The molecule has 8 heteroatoms. The van der Waals surface area contributed by atoms with Gasteiger partial charge in [-0.2, -0.15) is 0 Å². The molecule has 3 atom stereocenters. The van der Waals surface area contributed by atoms with Crippen molar-refractivity contribution in [2.75, 3.05) is 6.61 Å². The van der Waals surface area contributed by atoms with Crippen LogP contribution in [-0.4, -0.2) is 22.1 Å². The third-order valence-electron chi connectivity index (χ3n) is 4.79. The Bertz CT molecular complexity index is 916. The molecule has 0 bridgehead atoms. The van der Waals surface area contributed by atoms with Crippen molar-refractivity contribution in [3.05, 3.63) is 62.8 Å². The molecule has 0 radical (unpaired) electrons. The molecule has 144 valence electrons. The van der Waals surface area contributed by atoms with Crippen LogP contribution in [0, 0.1) is 0 Å². The minimum absolute atomic E-state index is 0.0400. The van der Waals surface area contributed by atoms with Crippen molar-refractivity contribution in [2.24, 2.45) is 0 Å². The van der Waals surface area contributed by atoms with Crippen LogP contribution in [0.5, 0.6) is 0 Å². The van der Waals surface area contributed by atoms with E-state index in [9.17, 15) is 9.59 Å². The fourth-order valence-corrected chi connectivity index (χ4v) is 4.98. The lowest BCUT2D eigenvalue weighted by Gasteiger charge is -2.40. The maximum absolute atomic E-state index is 13.0. The quantitative estimate of drug-likeness (QED) is 0.415. The molecular formula is C19H19Br2ClN2O3. The van der Waals surface area contributed by atoms with Gasteiger partial charge in [-0.15, -0.1) is 0 Å². The molecule has 2 aromatic rings. The first-order valence-corrected chi connectivity index (χ1v) is 10.8.